The quantitative estimate of drug-likeness (QED) is 0.765. The summed E-state index contributed by atoms with van der Waals surface area (Å²) in [6, 6.07) is 10.7. The molecule has 0 aliphatic carbocycles. The third-order valence-corrected chi connectivity index (χ3v) is 5.05. The number of rotatable bonds is 6. The summed E-state index contributed by atoms with van der Waals surface area (Å²) in [6.07, 6.45) is 3.47. The number of aryl methyl sites for hydroxylation is 1. The number of aliphatic carboxylic acids is 1. The molecule has 3 heterocycles. The van der Waals surface area contributed by atoms with Crippen LogP contribution in [0.15, 0.2) is 64.5 Å². The summed E-state index contributed by atoms with van der Waals surface area (Å²) in [5.74, 6) is 0.915. The third kappa shape index (κ3) is 3.86. The van der Waals surface area contributed by atoms with E-state index >= 15 is 0 Å². The Kier molecular flexibility index (Phi) is 5.41. The number of pyridine rings is 1. The zero-order valence-corrected chi connectivity index (χ0v) is 17.2. The predicted molar refractivity (Wildman–Crippen MR) is 115 cm³/mol. The number of carbonyl (C=O) groups is 1. The highest BCUT2D eigenvalue weighted by molar-refractivity contribution is 6.69. The van der Waals surface area contributed by atoms with Crippen LogP contribution in [0, 0.1) is 6.92 Å². The Labute approximate surface area is 178 Å². The normalized spacial score (nSPS) is 17.6. The molecule has 8 nitrogen and oxygen atoms in total. The van der Waals surface area contributed by atoms with Gasteiger partial charge in [-0.25, -0.2) is 14.8 Å². The van der Waals surface area contributed by atoms with Crippen molar-refractivity contribution in [3.8, 4) is 5.75 Å². The molecule has 0 saturated carbocycles. The maximum atomic E-state index is 11.6. The van der Waals surface area contributed by atoms with Crippen molar-refractivity contribution in [2.45, 2.75) is 19.5 Å². The molecule has 2 aromatic rings. The van der Waals surface area contributed by atoms with Crippen molar-refractivity contribution in [2.75, 3.05) is 18.6 Å². The standard InChI is InChI=1S/C21H20ClN5O3/c1-13-3-8-19(23-10-13)26(12-14-4-6-15(30-2)7-5-14)16-9-18(22)25-27-17(21(28)29)11-24-20(16)27/h3-10,17H,11-12H2,1-2H3,(H,28,29). The number of nitrogens with zero attached hydrogens (tertiary/aromatic N) is 5. The molecular formula is C21H20ClN5O3. The molecule has 2 aliphatic rings. The van der Waals surface area contributed by atoms with E-state index in [0.29, 0.717) is 23.9 Å². The molecule has 0 radical (unpaired) electrons. The summed E-state index contributed by atoms with van der Waals surface area (Å²) in [4.78, 5) is 22.6. The van der Waals surface area contributed by atoms with Crippen LogP contribution in [0.3, 0.4) is 0 Å². The summed E-state index contributed by atoms with van der Waals surface area (Å²) in [6.45, 7) is 2.54. The topological polar surface area (TPSA) is 90.6 Å². The van der Waals surface area contributed by atoms with Crippen molar-refractivity contribution in [2.24, 2.45) is 10.1 Å². The van der Waals surface area contributed by atoms with E-state index in [4.69, 9.17) is 16.3 Å². The number of methoxy groups -OCH3 is 1. The summed E-state index contributed by atoms with van der Waals surface area (Å²) in [5.41, 5.74) is 2.69. The number of hydrazone groups is 1. The molecule has 0 bridgehead atoms. The third-order valence-electron chi connectivity index (χ3n) is 4.86. The van der Waals surface area contributed by atoms with Crippen LogP contribution in [0.5, 0.6) is 5.75 Å². The molecule has 1 aromatic carbocycles. The van der Waals surface area contributed by atoms with Gasteiger partial charge in [-0.1, -0.05) is 29.8 Å². The second-order valence-electron chi connectivity index (χ2n) is 6.94. The molecule has 1 N–H and O–H groups in total. The van der Waals surface area contributed by atoms with Gasteiger partial charge in [-0.05, 0) is 36.2 Å². The molecule has 30 heavy (non-hydrogen) atoms. The second kappa shape index (κ2) is 8.16. The average Bonchev–Trinajstić information content (AvgIpc) is 3.17. The number of allylic oxidation sites excluding steroid dienone is 1. The van der Waals surface area contributed by atoms with Gasteiger partial charge in [0.1, 0.15) is 11.6 Å². The number of aliphatic imine (C=N–C) groups is 1. The van der Waals surface area contributed by atoms with E-state index in [2.05, 4.69) is 15.1 Å². The predicted octanol–water partition coefficient (Wildman–Crippen LogP) is 3.02. The number of benzene rings is 1. The molecular weight excluding hydrogens is 406 g/mol. The summed E-state index contributed by atoms with van der Waals surface area (Å²) in [7, 11) is 1.62. The highest BCUT2D eigenvalue weighted by Crippen LogP contribution is 2.29. The van der Waals surface area contributed by atoms with Crippen LogP contribution in [-0.4, -0.2) is 51.8 Å². The highest BCUT2D eigenvalue weighted by atomic mass is 35.5. The molecule has 154 valence electrons. The van der Waals surface area contributed by atoms with Crippen molar-refractivity contribution in [1.82, 2.24) is 9.99 Å². The van der Waals surface area contributed by atoms with Crippen LogP contribution in [0.4, 0.5) is 5.82 Å². The van der Waals surface area contributed by atoms with Crippen molar-refractivity contribution in [3.05, 3.63) is 65.5 Å². The number of carboxylic acid groups (broad SMARTS) is 1. The average molecular weight is 426 g/mol. The van der Waals surface area contributed by atoms with Crippen LogP contribution >= 0.6 is 11.6 Å². The van der Waals surface area contributed by atoms with E-state index in [-0.39, 0.29) is 11.7 Å². The summed E-state index contributed by atoms with van der Waals surface area (Å²) in [5, 5.41) is 15.2. The number of anilines is 1. The monoisotopic (exact) mass is 425 g/mol. The van der Waals surface area contributed by atoms with Crippen LogP contribution in [0.1, 0.15) is 11.1 Å². The number of fused-ring (bicyclic) bond motifs is 1. The van der Waals surface area contributed by atoms with Crippen LogP contribution < -0.4 is 9.64 Å². The lowest BCUT2D eigenvalue weighted by Crippen LogP contribution is -2.44. The second-order valence-corrected chi connectivity index (χ2v) is 7.33. The lowest BCUT2D eigenvalue weighted by atomic mass is 10.1. The molecule has 0 fully saturated rings. The van der Waals surface area contributed by atoms with Gasteiger partial charge >= 0.3 is 5.97 Å². The first-order chi connectivity index (χ1) is 14.5. The van der Waals surface area contributed by atoms with E-state index in [9.17, 15) is 9.90 Å². The highest BCUT2D eigenvalue weighted by Gasteiger charge is 2.39. The Bertz CT molecular complexity index is 1050. The fraction of sp³-hybridized carbons (Fsp3) is 0.238. The van der Waals surface area contributed by atoms with Gasteiger partial charge in [0.05, 0.1) is 19.4 Å². The SMILES string of the molecule is COc1ccc(CN(C2=CC(Cl)=NN3C2=NCC3C(=O)O)c2ccc(C)cn2)cc1. The van der Waals surface area contributed by atoms with E-state index in [1.807, 2.05) is 48.2 Å². The maximum absolute atomic E-state index is 11.6. The Balaban J connectivity index is 1.74. The van der Waals surface area contributed by atoms with Crippen LogP contribution in [0.25, 0.3) is 0 Å². The fourth-order valence-corrected chi connectivity index (χ4v) is 3.48. The summed E-state index contributed by atoms with van der Waals surface area (Å²) < 4.78 is 5.24. The Morgan fingerprint density at radius 2 is 2.07 bits per heavy atom. The van der Waals surface area contributed by atoms with Crippen molar-refractivity contribution >= 4 is 34.4 Å². The number of hydrogen-bond acceptors (Lipinski definition) is 7. The fourth-order valence-electron chi connectivity index (χ4n) is 3.30. The maximum Gasteiger partial charge on any atom is 0.330 e. The van der Waals surface area contributed by atoms with Gasteiger partial charge in [0.25, 0.3) is 0 Å². The smallest absolute Gasteiger partial charge is 0.330 e. The molecule has 2 aliphatic heterocycles. The van der Waals surface area contributed by atoms with Crippen LogP contribution in [0.2, 0.25) is 0 Å². The minimum absolute atomic E-state index is 0.105. The molecule has 4 rings (SSSR count). The minimum Gasteiger partial charge on any atom is -0.497 e. The molecule has 0 spiro atoms. The Hall–Kier alpha value is -3.39. The molecule has 1 aromatic heterocycles. The zero-order chi connectivity index (χ0) is 21.3. The molecule has 0 saturated heterocycles. The molecule has 1 atom stereocenters. The number of ether oxygens (including phenoxy) is 1. The van der Waals surface area contributed by atoms with Gasteiger partial charge in [-0.2, -0.15) is 5.10 Å². The lowest BCUT2D eigenvalue weighted by molar-refractivity contribution is -0.141. The molecule has 9 heteroatoms. The van der Waals surface area contributed by atoms with Gasteiger partial charge in [-0.3, -0.25) is 4.99 Å². The number of hydrogen-bond donors (Lipinski definition) is 1. The van der Waals surface area contributed by atoms with Gasteiger partial charge < -0.3 is 14.7 Å². The van der Waals surface area contributed by atoms with E-state index in [1.165, 1.54) is 5.01 Å². The first-order valence-electron chi connectivity index (χ1n) is 9.32. The Morgan fingerprint density at radius 3 is 2.70 bits per heavy atom. The summed E-state index contributed by atoms with van der Waals surface area (Å²) >= 11 is 6.27. The van der Waals surface area contributed by atoms with Crippen LogP contribution in [-0.2, 0) is 11.3 Å². The first-order valence-corrected chi connectivity index (χ1v) is 9.70. The van der Waals surface area contributed by atoms with Crippen molar-refractivity contribution in [1.29, 1.82) is 0 Å². The molecule has 1 unspecified atom stereocenters. The van der Waals surface area contributed by atoms with E-state index < -0.39 is 12.0 Å². The van der Waals surface area contributed by atoms with Gasteiger partial charge in [0.2, 0.25) is 0 Å². The van der Waals surface area contributed by atoms with Crippen molar-refractivity contribution < 1.29 is 14.6 Å². The number of halogens is 1. The van der Waals surface area contributed by atoms with Gasteiger partial charge in [0.15, 0.2) is 17.0 Å². The first kappa shape index (κ1) is 19.9. The lowest BCUT2D eigenvalue weighted by Gasteiger charge is -2.32. The van der Waals surface area contributed by atoms with E-state index in [0.717, 1.165) is 16.9 Å². The van der Waals surface area contributed by atoms with Crippen molar-refractivity contribution in [3.63, 3.8) is 0 Å². The number of amidine groups is 1. The zero-order valence-electron chi connectivity index (χ0n) is 16.5. The minimum atomic E-state index is -1.00. The number of carboxylic acids is 1. The Morgan fingerprint density at radius 1 is 1.30 bits per heavy atom. The largest absolute Gasteiger partial charge is 0.497 e. The van der Waals surface area contributed by atoms with E-state index in [1.54, 1.807) is 19.4 Å². The number of aromatic nitrogens is 1. The van der Waals surface area contributed by atoms with Gasteiger partial charge in [-0.15, -0.1) is 0 Å². The molecule has 0 amide bonds. The van der Waals surface area contributed by atoms with Gasteiger partial charge in [0, 0.05) is 18.8 Å².